The van der Waals surface area contributed by atoms with Gasteiger partial charge in [0.2, 0.25) is 0 Å². The van der Waals surface area contributed by atoms with E-state index >= 15 is 0 Å². The first kappa shape index (κ1) is 14.7. The molecule has 1 rings (SSSR count). The Morgan fingerprint density at radius 2 is 1.94 bits per heavy atom. The fourth-order valence-corrected chi connectivity index (χ4v) is 1.89. The van der Waals surface area contributed by atoms with Crippen LogP contribution in [0, 0.1) is 0 Å². The molecule has 1 aromatic carbocycles. The van der Waals surface area contributed by atoms with Gasteiger partial charge in [-0.3, -0.25) is 4.79 Å². The zero-order valence-electron chi connectivity index (χ0n) is 11.4. The lowest BCUT2D eigenvalue weighted by Gasteiger charge is -2.18. The standard InChI is InChI=1S/C14H23N3O/c1-11(10-17(2)3)16-14(18)13-6-4-12(5-7-13)8-9-15/h4-7,11H,8-10,15H2,1-3H3,(H,16,18). The van der Waals surface area contributed by atoms with E-state index in [1.807, 2.05) is 45.3 Å². The summed E-state index contributed by atoms with van der Waals surface area (Å²) in [5.41, 5.74) is 7.34. The maximum atomic E-state index is 12.0. The van der Waals surface area contributed by atoms with Gasteiger partial charge >= 0.3 is 0 Å². The van der Waals surface area contributed by atoms with E-state index < -0.39 is 0 Å². The third kappa shape index (κ3) is 4.85. The van der Waals surface area contributed by atoms with Crippen LogP contribution < -0.4 is 11.1 Å². The summed E-state index contributed by atoms with van der Waals surface area (Å²) in [5.74, 6) is -0.0244. The average Bonchev–Trinajstić information content (AvgIpc) is 2.29. The van der Waals surface area contributed by atoms with E-state index in [0.717, 1.165) is 18.5 Å². The maximum absolute atomic E-state index is 12.0. The van der Waals surface area contributed by atoms with Crippen molar-refractivity contribution in [1.29, 1.82) is 0 Å². The van der Waals surface area contributed by atoms with Gasteiger partial charge in [0.05, 0.1) is 0 Å². The number of nitrogens with one attached hydrogen (secondary N) is 1. The van der Waals surface area contributed by atoms with Gasteiger partial charge in [0.15, 0.2) is 0 Å². The molecule has 1 atom stereocenters. The van der Waals surface area contributed by atoms with Crippen LogP contribution in [0.15, 0.2) is 24.3 Å². The predicted octanol–water partition coefficient (Wildman–Crippen LogP) is 0.868. The lowest BCUT2D eigenvalue weighted by Crippen LogP contribution is -2.39. The summed E-state index contributed by atoms with van der Waals surface area (Å²) in [5, 5.41) is 2.97. The summed E-state index contributed by atoms with van der Waals surface area (Å²) >= 11 is 0. The highest BCUT2D eigenvalue weighted by Crippen LogP contribution is 2.05. The Bertz CT molecular complexity index is 373. The second kappa shape index (κ2) is 7.13. The van der Waals surface area contributed by atoms with Crippen LogP contribution in [-0.4, -0.2) is 44.0 Å². The average molecular weight is 249 g/mol. The molecule has 1 amide bonds. The molecule has 0 aromatic heterocycles. The van der Waals surface area contributed by atoms with Crippen molar-refractivity contribution in [1.82, 2.24) is 10.2 Å². The normalized spacial score (nSPS) is 12.5. The number of nitrogens with zero attached hydrogens (tertiary/aromatic N) is 1. The minimum atomic E-state index is -0.0244. The molecule has 4 nitrogen and oxygen atoms in total. The molecule has 0 spiro atoms. The SMILES string of the molecule is CC(CN(C)C)NC(=O)c1ccc(CCN)cc1. The first-order valence-electron chi connectivity index (χ1n) is 6.27. The van der Waals surface area contributed by atoms with E-state index in [9.17, 15) is 4.79 Å². The first-order chi connectivity index (χ1) is 8.52. The van der Waals surface area contributed by atoms with Crippen molar-refractivity contribution in [3.8, 4) is 0 Å². The summed E-state index contributed by atoms with van der Waals surface area (Å²) in [4.78, 5) is 14.0. The minimum absolute atomic E-state index is 0.0244. The molecule has 3 N–H and O–H groups in total. The van der Waals surface area contributed by atoms with Crippen molar-refractivity contribution in [2.45, 2.75) is 19.4 Å². The maximum Gasteiger partial charge on any atom is 0.251 e. The van der Waals surface area contributed by atoms with Gasteiger partial charge in [-0.05, 0) is 51.7 Å². The van der Waals surface area contributed by atoms with Crippen LogP contribution in [-0.2, 0) is 6.42 Å². The minimum Gasteiger partial charge on any atom is -0.348 e. The summed E-state index contributed by atoms with van der Waals surface area (Å²) < 4.78 is 0. The van der Waals surface area contributed by atoms with Gasteiger partial charge in [-0.2, -0.15) is 0 Å². The molecule has 1 aromatic rings. The van der Waals surface area contributed by atoms with Crippen LogP contribution >= 0.6 is 0 Å². The number of rotatable bonds is 6. The molecule has 0 aliphatic rings. The molecular formula is C14H23N3O. The van der Waals surface area contributed by atoms with Crippen molar-refractivity contribution in [2.75, 3.05) is 27.2 Å². The second-order valence-corrected chi connectivity index (χ2v) is 4.87. The Balaban J connectivity index is 2.56. The van der Waals surface area contributed by atoms with Gasteiger partial charge in [-0.15, -0.1) is 0 Å². The molecule has 0 aliphatic carbocycles. The van der Waals surface area contributed by atoms with Crippen molar-refractivity contribution >= 4 is 5.91 Å². The van der Waals surface area contributed by atoms with Crippen molar-refractivity contribution in [3.63, 3.8) is 0 Å². The molecule has 4 heteroatoms. The largest absolute Gasteiger partial charge is 0.348 e. The van der Waals surface area contributed by atoms with E-state index in [2.05, 4.69) is 10.2 Å². The number of carbonyl (C=O) groups is 1. The fourth-order valence-electron chi connectivity index (χ4n) is 1.89. The third-order valence-corrected chi connectivity index (χ3v) is 2.67. The molecule has 18 heavy (non-hydrogen) atoms. The molecule has 0 saturated carbocycles. The van der Waals surface area contributed by atoms with E-state index in [1.54, 1.807) is 0 Å². The Kier molecular flexibility index (Phi) is 5.82. The van der Waals surface area contributed by atoms with Gasteiger partial charge in [-0.1, -0.05) is 12.1 Å². The Labute approximate surface area is 109 Å². The van der Waals surface area contributed by atoms with Crippen LogP contribution in [0.25, 0.3) is 0 Å². The van der Waals surface area contributed by atoms with E-state index in [-0.39, 0.29) is 11.9 Å². The Hall–Kier alpha value is -1.39. The predicted molar refractivity (Wildman–Crippen MR) is 74.7 cm³/mol. The summed E-state index contributed by atoms with van der Waals surface area (Å²) in [6, 6.07) is 7.75. The van der Waals surface area contributed by atoms with Gasteiger partial charge in [-0.25, -0.2) is 0 Å². The van der Waals surface area contributed by atoms with Crippen LogP contribution in [0.2, 0.25) is 0 Å². The highest BCUT2D eigenvalue weighted by molar-refractivity contribution is 5.94. The molecule has 0 saturated heterocycles. The number of hydrogen-bond acceptors (Lipinski definition) is 3. The Morgan fingerprint density at radius 3 is 2.44 bits per heavy atom. The van der Waals surface area contributed by atoms with Gasteiger partial charge in [0.1, 0.15) is 0 Å². The lowest BCUT2D eigenvalue weighted by atomic mass is 10.1. The summed E-state index contributed by atoms with van der Waals surface area (Å²) in [6.45, 7) is 3.46. The number of nitrogens with two attached hydrogens (primary N) is 1. The number of hydrogen-bond donors (Lipinski definition) is 2. The summed E-state index contributed by atoms with van der Waals surface area (Å²) in [7, 11) is 3.98. The van der Waals surface area contributed by atoms with E-state index in [1.165, 1.54) is 0 Å². The van der Waals surface area contributed by atoms with E-state index in [0.29, 0.717) is 12.1 Å². The second-order valence-electron chi connectivity index (χ2n) is 4.87. The molecule has 100 valence electrons. The van der Waals surface area contributed by atoms with Gasteiger partial charge < -0.3 is 16.0 Å². The quantitative estimate of drug-likeness (QED) is 0.786. The molecule has 0 heterocycles. The topological polar surface area (TPSA) is 58.4 Å². The molecule has 1 unspecified atom stereocenters. The number of likely N-dealkylation sites (N-methyl/N-ethyl adjacent to an activating group) is 1. The monoisotopic (exact) mass is 249 g/mol. The fraction of sp³-hybridized carbons (Fsp3) is 0.500. The smallest absolute Gasteiger partial charge is 0.251 e. The zero-order chi connectivity index (χ0) is 13.5. The van der Waals surface area contributed by atoms with Crippen LogP contribution in [0.5, 0.6) is 0 Å². The van der Waals surface area contributed by atoms with Crippen molar-refractivity contribution in [3.05, 3.63) is 35.4 Å². The highest BCUT2D eigenvalue weighted by Gasteiger charge is 2.10. The molecule has 0 aliphatic heterocycles. The molecule has 0 bridgehead atoms. The molecular weight excluding hydrogens is 226 g/mol. The van der Waals surface area contributed by atoms with Crippen LogP contribution in [0.1, 0.15) is 22.8 Å². The van der Waals surface area contributed by atoms with Crippen LogP contribution in [0.3, 0.4) is 0 Å². The van der Waals surface area contributed by atoms with Gasteiger partial charge in [0, 0.05) is 18.2 Å². The number of carbonyl (C=O) groups excluding carboxylic acids is 1. The lowest BCUT2D eigenvalue weighted by molar-refractivity contribution is 0.0934. The van der Waals surface area contributed by atoms with Crippen molar-refractivity contribution < 1.29 is 4.79 Å². The van der Waals surface area contributed by atoms with E-state index in [4.69, 9.17) is 5.73 Å². The van der Waals surface area contributed by atoms with Gasteiger partial charge in [0.25, 0.3) is 5.91 Å². The number of amides is 1. The van der Waals surface area contributed by atoms with Crippen molar-refractivity contribution in [2.24, 2.45) is 5.73 Å². The zero-order valence-corrected chi connectivity index (χ0v) is 11.4. The molecule has 0 fully saturated rings. The van der Waals surface area contributed by atoms with Crippen LogP contribution in [0.4, 0.5) is 0 Å². The first-order valence-corrected chi connectivity index (χ1v) is 6.27. The molecule has 0 radical (unpaired) electrons. The highest BCUT2D eigenvalue weighted by atomic mass is 16.1. The third-order valence-electron chi connectivity index (χ3n) is 2.67. The number of benzene rings is 1. The summed E-state index contributed by atoms with van der Waals surface area (Å²) in [6.07, 6.45) is 0.846. The Morgan fingerprint density at radius 1 is 1.33 bits per heavy atom.